The van der Waals surface area contributed by atoms with E-state index in [2.05, 4.69) is 5.32 Å². The van der Waals surface area contributed by atoms with E-state index < -0.39 is 0 Å². The zero-order chi connectivity index (χ0) is 14.8. The minimum atomic E-state index is 0.0321. The lowest BCUT2D eigenvalue weighted by Crippen LogP contribution is -2.28. The highest BCUT2D eigenvalue weighted by atomic mass is 16.5. The van der Waals surface area contributed by atoms with Crippen molar-refractivity contribution in [1.29, 1.82) is 0 Å². The minimum Gasteiger partial charge on any atom is -0.399 e. The quantitative estimate of drug-likeness (QED) is 0.531. The van der Waals surface area contributed by atoms with Crippen LogP contribution in [0.4, 0.5) is 5.69 Å². The van der Waals surface area contributed by atoms with Gasteiger partial charge in [0.1, 0.15) is 0 Å². The molecule has 0 radical (unpaired) electrons. The molecule has 5 heteroatoms. The zero-order valence-corrected chi connectivity index (χ0v) is 12.2. The normalized spacial score (nSPS) is 12.1. The van der Waals surface area contributed by atoms with Crippen LogP contribution in [0.25, 0.3) is 0 Å². The van der Waals surface area contributed by atoms with Crippen LogP contribution in [0.3, 0.4) is 0 Å². The topological polar surface area (TPSA) is 73.6 Å². The molecule has 1 atom stereocenters. The van der Waals surface area contributed by atoms with Crippen LogP contribution in [0.2, 0.25) is 0 Å². The van der Waals surface area contributed by atoms with E-state index in [0.717, 1.165) is 11.3 Å². The summed E-state index contributed by atoms with van der Waals surface area (Å²) in [4.78, 5) is 11.8. The van der Waals surface area contributed by atoms with Gasteiger partial charge in [0.05, 0.1) is 19.8 Å². The predicted octanol–water partition coefficient (Wildman–Crippen LogP) is 1.54. The second kappa shape index (κ2) is 9.34. The van der Waals surface area contributed by atoms with Crippen LogP contribution >= 0.6 is 0 Å². The largest absolute Gasteiger partial charge is 0.399 e. The minimum absolute atomic E-state index is 0.0321. The first-order valence-electron chi connectivity index (χ1n) is 6.82. The number of methoxy groups -OCH3 is 1. The Morgan fingerprint density at radius 3 is 2.60 bits per heavy atom. The Morgan fingerprint density at radius 2 is 1.95 bits per heavy atom. The van der Waals surface area contributed by atoms with E-state index in [1.165, 1.54) is 0 Å². The van der Waals surface area contributed by atoms with E-state index in [9.17, 15) is 4.79 Å². The number of nitrogen functional groups attached to an aromatic ring is 1. The van der Waals surface area contributed by atoms with Crippen LogP contribution in [0.1, 0.15) is 24.8 Å². The number of nitrogens with two attached hydrogens (primary N) is 1. The number of rotatable bonds is 9. The molecule has 0 aliphatic rings. The molecule has 0 aliphatic carbocycles. The number of hydrogen-bond donors (Lipinski definition) is 2. The summed E-state index contributed by atoms with van der Waals surface area (Å²) >= 11 is 0. The summed E-state index contributed by atoms with van der Waals surface area (Å²) in [5.74, 6) is 0.203. The number of nitrogens with one attached hydrogen (secondary N) is 1. The molecule has 0 heterocycles. The summed E-state index contributed by atoms with van der Waals surface area (Å²) in [7, 11) is 1.63. The van der Waals surface area contributed by atoms with Crippen molar-refractivity contribution in [3.63, 3.8) is 0 Å². The number of carbonyl (C=O) groups is 1. The lowest BCUT2D eigenvalue weighted by molar-refractivity contribution is -0.121. The Hall–Kier alpha value is -1.59. The molecule has 0 fully saturated rings. The van der Waals surface area contributed by atoms with Gasteiger partial charge in [0.2, 0.25) is 5.91 Å². The summed E-state index contributed by atoms with van der Waals surface area (Å²) in [6, 6.07) is 7.63. The molecular weight excluding hydrogens is 256 g/mol. The van der Waals surface area contributed by atoms with Crippen LogP contribution in [-0.4, -0.2) is 39.4 Å². The van der Waals surface area contributed by atoms with E-state index in [1.807, 2.05) is 31.2 Å². The molecule has 3 N–H and O–H groups in total. The van der Waals surface area contributed by atoms with Gasteiger partial charge in [0.15, 0.2) is 0 Å². The monoisotopic (exact) mass is 280 g/mol. The lowest BCUT2D eigenvalue weighted by atomic mass is 9.97. The molecule has 1 amide bonds. The molecule has 0 bridgehead atoms. The van der Waals surface area contributed by atoms with Gasteiger partial charge >= 0.3 is 0 Å². The summed E-state index contributed by atoms with van der Waals surface area (Å²) < 4.78 is 10.1. The SMILES string of the molecule is COCCOCCNC(=O)CC(C)c1ccc(N)cc1. The van der Waals surface area contributed by atoms with Crippen molar-refractivity contribution in [2.75, 3.05) is 39.2 Å². The molecule has 1 rings (SSSR count). The number of ether oxygens (including phenoxy) is 2. The number of amides is 1. The van der Waals surface area contributed by atoms with Gasteiger partial charge < -0.3 is 20.5 Å². The van der Waals surface area contributed by atoms with Gasteiger partial charge in [-0.05, 0) is 23.6 Å². The van der Waals surface area contributed by atoms with Crippen LogP contribution in [0, 0.1) is 0 Å². The first-order chi connectivity index (χ1) is 9.63. The molecule has 0 saturated carbocycles. The molecule has 0 aromatic heterocycles. The maximum atomic E-state index is 11.8. The Morgan fingerprint density at radius 1 is 1.25 bits per heavy atom. The van der Waals surface area contributed by atoms with Crippen molar-refractivity contribution >= 4 is 11.6 Å². The van der Waals surface area contributed by atoms with E-state index in [4.69, 9.17) is 15.2 Å². The first-order valence-corrected chi connectivity index (χ1v) is 6.82. The van der Waals surface area contributed by atoms with E-state index in [-0.39, 0.29) is 11.8 Å². The average molecular weight is 280 g/mol. The fourth-order valence-corrected chi connectivity index (χ4v) is 1.80. The first kappa shape index (κ1) is 16.5. The van der Waals surface area contributed by atoms with Crippen LogP contribution in [0.15, 0.2) is 24.3 Å². The van der Waals surface area contributed by atoms with Gasteiger partial charge in [0, 0.05) is 25.8 Å². The Kier molecular flexibility index (Phi) is 7.69. The van der Waals surface area contributed by atoms with Crippen molar-refractivity contribution in [3.05, 3.63) is 29.8 Å². The molecule has 0 saturated heterocycles. The Bertz CT molecular complexity index is 393. The maximum absolute atomic E-state index is 11.8. The smallest absolute Gasteiger partial charge is 0.220 e. The third-order valence-corrected chi connectivity index (χ3v) is 3.00. The molecule has 20 heavy (non-hydrogen) atoms. The summed E-state index contributed by atoms with van der Waals surface area (Å²) in [5, 5.41) is 2.84. The summed E-state index contributed by atoms with van der Waals surface area (Å²) in [5.41, 5.74) is 7.49. The Labute approximate surface area is 120 Å². The fraction of sp³-hybridized carbons (Fsp3) is 0.533. The summed E-state index contributed by atoms with van der Waals surface area (Å²) in [6.07, 6.45) is 0.460. The average Bonchev–Trinajstić information content (AvgIpc) is 2.43. The van der Waals surface area contributed by atoms with Crippen LogP contribution in [0.5, 0.6) is 0 Å². The highest BCUT2D eigenvalue weighted by Crippen LogP contribution is 2.19. The second-order valence-corrected chi connectivity index (χ2v) is 4.73. The lowest BCUT2D eigenvalue weighted by Gasteiger charge is -2.12. The number of anilines is 1. The predicted molar refractivity (Wildman–Crippen MR) is 79.6 cm³/mol. The molecule has 0 aliphatic heterocycles. The summed E-state index contributed by atoms with van der Waals surface area (Å²) in [6.45, 7) is 4.18. The van der Waals surface area contributed by atoms with E-state index >= 15 is 0 Å². The zero-order valence-electron chi connectivity index (χ0n) is 12.2. The number of carbonyl (C=O) groups excluding carboxylic acids is 1. The van der Waals surface area contributed by atoms with Gasteiger partial charge in [-0.3, -0.25) is 4.79 Å². The van der Waals surface area contributed by atoms with Crippen molar-refractivity contribution in [2.45, 2.75) is 19.3 Å². The van der Waals surface area contributed by atoms with Gasteiger partial charge in [0.25, 0.3) is 0 Å². The molecular formula is C15H24N2O3. The molecule has 112 valence electrons. The molecule has 1 unspecified atom stereocenters. The third-order valence-electron chi connectivity index (χ3n) is 3.00. The van der Waals surface area contributed by atoms with Crippen molar-refractivity contribution in [3.8, 4) is 0 Å². The molecule has 1 aromatic carbocycles. The third kappa shape index (κ3) is 6.54. The van der Waals surface area contributed by atoms with E-state index in [0.29, 0.717) is 32.8 Å². The van der Waals surface area contributed by atoms with Crippen molar-refractivity contribution in [1.82, 2.24) is 5.32 Å². The van der Waals surface area contributed by atoms with E-state index in [1.54, 1.807) is 7.11 Å². The number of benzene rings is 1. The molecule has 0 spiro atoms. The van der Waals surface area contributed by atoms with Gasteiger partial charge in [-0.15, -0.1) is 0 Å². The maximum Gasteiger partial charge on any atom is 0.220 e. The fourth-order valence-electron chi connectivity index (χ4n) is 1.80. The standard InChI is InChI=1S/C15H24N2O3/c1-12(13-3-5-14(16)6-4-13)11-15(18)17-7-8-20-10-9-19-2/h3-6,12H,7-11,16H2,1-2H3,(H,17,18). The van der Waals surface area contributed by atoms with Crippen LogP contribution < -0.4 is 11.1 Å². The van der Waals surface area contributed by atoms with Crippen LogP contribution in [-0.2, 0) is 14.3 Å². The molecule has 5 nitrogen and oxygen atoms in total. The highest BCUT2D eigenvalue weighted by molar-refractivity contribution is 5.76. The van der Waals surface area contributed by atoms with Gasteiger partial charge in [-0.25, -0.2) is 0 Å². The van der Waals surface area contributed by atoms with Gasteiger partial charge in [-0.2, -0.15) is 0 Å². The van der Waals surface area contributed by atoms with Crippen molar-refractivity contribution < 1.29 is 14.3 Å². The Balaban J connectivity index is 2.19. The highest BCUT2D eigenvalue weighted by Gasteiger charge is 2.10. The van der Waals surface area contributed by atoms with Gasteiger partial charge in [-0.1, -0.05) is 19.1 Å². The molecule has 1 aromatic rings. The second-order valence-electron chi connectivity index (χ2n) is 4.73. The van der Waals surface area contributed by atoms with Crippen molar-refractivity contribution in [2.24, 2.45) is 0 Å². The number of hydrogen-bond acceptors (Lipinski definition) is 4.